The first kappa shape index (κ1) is 14.8. The van der Waals surface area contributed by atoms with Crippen molar-refractivity contribution in [3.63, 3.8) is 0 Å². The molecule has 1 aliphatic rings. The first-order valence-electron chi connectivity index (χ1n) is 8.24. The minimum absolute atomic E-state index is 0.508. The van der Waals surface area contributed by atoms with Gasteiger partial charge in [-0.3, -0.25) is 0 Å². The van der Waals surface area contributed by atoms with Crippen molar-refractivity contribution >= 4 is 17.5 Å². The van der Waals surface area contributed by atoms with Crippen molar-refractivity contribution in [3.05, 3.63) is 42.1 Å². The van der Waals surface area contributed by atoms with Crippen molar-refractivity contribution in [2.45, 2.75) is 51.5 Å². The number of nitrogens with zero attached hydrogens (tertiary/aromatic N) is 2. The number of aryl methyl sites for hydroxylation is 1. The molecule has 0 radical (unpaired) electrons. The lowest BCUT2D eigenvalue weighted by Crippen LogP contribution is -2.20. The molecule has 1 aromatic heterocycles. The van der Waals surface area contributed by atoms with Crippen LogP contribution in [0.2, 0.25) is 0 Å². The second kappa shape index (κ2) is 7.25. The lowest BCUT2D eigenvalue weighted by Gasteiger charge is -2.17. The van der Waals surface area contributed by atoms with Crippen LogP contribution in [0.15, 0.2) is 36.4 Å². The van der Waals surface area contributed by atoms with E-state index >= 15 is 0 Å². The van der Waals surface area contributed by atoms with Crippen molar-refractivity contribution in [3.8, 4) is 0 Å². The van der Waals surface area contributed by atoms with Crippen molar-refractivity contribution in [1.29, 1.82) is 0 Å². The monoisotopic (exact) mass is 296 g/mol. The van der Waals surface area contributed by atoms with Crippen LogP contribution in [-0.2, 0) is 0 Å². The zero-order valence-corrected chi connectivity index (χ0v) is 13.2. The Morgan fingerprint density at radius 3 is 2.41 bits per heavy atom. The molecule has 2 aromatic rings. The van der Waals surface area contributed by atoms with E-state index in [-0.39, 0.29) is 0 Å². The Morgan fingerprint density at radius 2 is 1.68 bits per heavy atom. The zero-order valence-electron chi connectivity index (χ0n) is 13.2. The smallest absolute Gasteiger partial charge is 0.225 e. The molecule has 0 spiro atoms. The van der Waals surface area contributed by atoms with Gasteiger partial charge in [-0.2, -0.15) is 4.98 Å². The fourth-order valence-corrected chi connectivity index (χ4v) is 2.97. The van der Waals surface area contributed by atoms with Crippen LogP contribution in [-0.4, -0.2) is 16.0 Å². The first-order valence-corrected chi connectivity index (χ1v) is 8.24. The summed E-state index contributed by atoms with van der Waals surface area (Å²) >= 11 is 0. The van der Waals surface area contributed by atoms with Gasteiger partial charge in [0.1, 0.15) is 5.82 Å². The van der Waals surface area contributed by atoms with E-state index in [1.807, 2.05) is 43.3 Å². The van der Waals surface area contributed by atoms with E-state index in [2.05, 4.69) is 20.6 Å². The minimum atomic E-state index is 0.508. The Balaban J connectivity index is 1.71. The molecule has 4 heteroatoms. The third kappa shape index (κ3) is 4.20. The predicted molar refractivity (Wildman–Crippen MR) is 91.6 cm³/mol. The number of hydrogen-bond acceptors (Lipinski definition) is 4. The van der Waals surface area contributed by atoms with Gasteiger partial charge in [0.2, 0.25) is 5.95 Å². The van der Waals surface area contributed by atoms with E-state index < -0.39 is 0 Å². The molecule has 1 aliphatic carbocycles. The fourth-order valence-electron chi connectivity index (χ4n) is 2.97. The van der Waals surface area contributed by atoms with Gasteiger partial charge in [0, 0.05) is 23.5 Å². The highest BCUT2D eigenvalue weighted by Gasteiger charge is 2.13. The summed E-state index contributed by atoms with van der Waals surface area (Å²) in [6.07, 6.45) is 7.76. The molecule has 4 nitrogen and oxygen atoms in total. The lowest BCUT2D eigenvalue weighted by atomic mass is 10.1. The molecular weight excluding hydrogens is 272 g/mol. The Kier molecular flexibility index (Phi) is 4.88. The van der Waals surface area contributed by atoms with Gasteiger partial charge >= 0.3 is 0 Å². The Bertz CT molecular complexity index is 589. The highest BCUT2D eigenvalue weighted by Crippen LogP contribution is 2.21. The molecule has 22 heavy (non-hydrogen) atoms. The summed E-state index contributed by atoms with van der Waals surface area (Å²) in [6, 6.07) is 12.6. The summed E-state index contributed by atoms with van der Waals surface area (Å²) in [5, 5.41) is 6.87. The van der Waals surface area contributed by atoms with Crippen LogP contribution in [0.1, 0.15) is 44.2 Å². The number of anilines is 3. The molecule has 0 aliphatic heterocycles. The number of nitrogens with one attached hydrogen (secondary N) is 2. The third-order valence-electron chi connectivity index (χ3n) is 4.09. The van der Waals surface area contributed by atoms with Gasteiger partial charge in [-0.15, -0.1) is 0 Å². The molecule has 2 N–H and O–H groups in total. The molecule has 3 rings (SSSR count). The van der Waals surface area contributed by atoms with Crippen LogP contribution in [0.5, 0.6) is 0 Å². The normalized spacial score (nSPS) is 16.0. The van der Waals surface area contributed by atoms with Crippen LogP contribution >= 0.6 is 0 Å². The molecule has 1 fully saturated rings. The Morgan fingerprint density at radius 1 is 0.955 bits per heavy atom. The molecule has 116 valence electrons. The average molecular weight is 296 g/mol. The summed E-state index contributed by atoms with van der Waals surface area (Å²) < 4.78 is 0. The fraction of sp³-hybridized carbons (Fsp3) is 0.444. The van der Waals surface area contributed by atoms with Crippen molar-refractivity contribution in [2.24, 2.45) is 0 Å². The van der Waals surface area contributed by atoms with Crippen LogP contribution < -0.4 is 10.6 Å². The maximum Gasteiger partial charge on any atom is 0.225 e. The van der Waals surface area contributed by atoms with Crippen LogP contribution in [0.3, 0.4) is 0 Å². The molecular formula is C18H24N4. The van der Waals surface area contributed by atoms with E-state index in [1.165, 1.54) is 38.5 Å². The second-order valence-electron chi connectivity index (χ2n) is 6.04. The van der Waals surface area contributed by atoms with Gasteiger partial charge in [-0.05, 0) is 31.9 Å². The molecule has 1 heterocycles. The largest absolute Gasteiger partial charge is 0.351 e. The van der Waals surface area contributed by atoms with Crippen LogP contribution in [0, 0.1) is 6.92 Å². The second-order valence-corrected chi connectivity index (χ2v) is 6.04. The number of benzene rings is 1. The zero-order chi connectivity index (χ0) is 15.2. The molecule has 1 aromatic carbocycles. The van der Waals surface area contributed by atoms with Crippen molar-refractivity contribution in [1.82, 2.24) is 9.97 Å². The summed E-state index contributed by atoms with van der Waals surface area (Å²) in [6.45, 7) is 2.01. The van der Waals surface area contributed by atoms with E-state index in [9.17, 15) is 0 Å². The van der Waals surface area contributed by atoms with Gasteiger partial charge < -0.3 is 10.6 Å². The summed E-state index contributed by atoms with van der Waals surface area (Å²) in [7, 11) is 0. The topological polar surface area (TPSA) is 49.8 Å². The SMILES string of the molecule is Cc1cc(Nc2ccccc2)nc(NC2CCCCCC2)n1. The van der Waals surface area contributed by atoms with Crippen molar-refractivity contribution in [2.75, 3.05) is 10.6 Å². The maximum atomic E-state index is 4.62. The highest BCUT2D eigenvalue weighted by molar-refractivity contribution is 5.57. The third-order valence-corrected chi connectivity index (χ3v) is 4.09. The predicted octanol–water partition coefficient (Wildman–Crippen LogP) is 4.66. The molecule has 0 amide bonds. The van der Waals surface area contributed by atoms with Gasteiger partial charge in [0.25, 0.3) is 0 Å². The van der Waals surface area contributed by atoms with E-state index in [0.29, 0.717) is 6.04 Å². The lowest BCUT2D eigenvalue weighted by molar-refractivity contribution is 0.614. The molecule has 0 atom stereocenters. The molecule has 0 saturated heterocycles. The van der Waals surface area contributed by atoms with Gasteiger partial charge in [0.05, 0.1) is 0 Å². The quantitative estimate of drug-likeness (QED) is 0.805. The van der Waals surface area contributed by atoms with Gasteiger partial charge in [-0.1, -0.05) is 43.9 Å². The summed E-state index contributed by atoms with van der Waals surface area (Å²) in [5.41, 5.74) is 2.02. The number of para-hydroxylation sites is 1. The summed E-state index contributed by atoms with van der Waals surface area (Å²) in [4.78, 5) is 9.16. The van der Waals surface area contributed by atoms with E-state index in [4.69, 9.17) is 0 Å². The van der Waals surface area contributed by atoms with Crippen LogP contribution in [0.25, 0.3) is 0 Å². The van der Waals surface area contributed by atoms with Crippen LogP contribution in [0.4, 0.5) is 17.5 Å². The van der Waals surface area contributed by atoms with E-state index in [1.54, 1.807) is 0 Å². The van der Waals surface area contributed by atoms with Gasteiger partial charge in [0.15, 0.2) is 0 Å². The van der Waals surface area contributed by atoms with Gasteiger partial charge in [-0.25, -0.2) is 4.98 Å². The van der Waals surface area contributed by atoms with E-state index in [0.717, 1.165) is 23.1 Å². The Labute approximate surface area is 132 Å². The number of hydrogen-bond donors (Lipinski definition) is 2. The highest BCUT2D eigenvalue weighted by atomic mass is 15.2. The average Bonchev–Trinajstić information content (AvgIpc) is 2.76. The molecule has 0 unspecified atom stereocenters. The molecule has 1 saturated carbocycles. The first-order chi connectivity index (χ1) is 10.8. The number of aromatic nitrogens is 2. The Hall–Kier alpha value is -2.10. The summed E-state index contributed by atoms with van der Waals surface area (Å²) in [5.74, 6) is 1.58. The molecule has 0 bridgehead atoms. The standard InChI is InChI=1S/C18H24N4/c1-14-13-17(20-15-9-7-4-8-10-15)22-18(19-14)21-16-11-5-2-3-6-12-16/h4,7-10,13,16H,2-3,5-6,11-12H2,1H3,(H2,19,20,21,22). The minimum Gasteiger partial charge on any atom is -0.351 e. The maximum absolute atomic E-state index is 4.62. The van der Waals surface area contributed by atoms with Crippen molar-refractivity contribution < 1.29 is 0 Å². The number of rotatable bonds is 4.